The second kappa shape index (κ2) is 6.03. The monoisotopic (exact) mass is 310 g/mol. The van der Waals surface area contributed by atoms with Crippen LogP contribution in [0.2, 0.25) is 0 Å². The molecule has 1 aliphatic rings. The second-order valence-electron chi connectivity index (χ2n) is 6.31. The minimum atomic E-state index is -0.182. The van der Waals surface area contributed by atoms with Crippen molar-refractivity contribution >= 4 is 11.6 Å². The van der Waals surface area contributed by atoms with Crippen LogP contribution in [0.15, 0.2) is 29.1 Å². The van der Waals surface area contributed by atoms with E-state index in [0.29, 0.717) is 5.56 Å². The van der Waals surface area contributed by atoms with E-state index in [1.54, 1.807) is 11.6 Å². The number of anilines is 1. The first-order valence-corrected chi connectivity index (χ1v) is 8.08. The van der Waals surface area contributed by atoms with Gasteiger partial charge < -0.3 is 9.88 Å². The lowest BCUT2D eigenvalue weighted by Crippen LogP contribution is -2.28. The fraction of sp³-hybridized carbons (Fsp3) is 0.368. The Morgan fingerprint density at radius 1 is 1.13 bits per heavy atom. The van der Waals surface area contributed by atoms with Crippen LogP contribution >= 0.6 is 0 Å². The predicted octanol–water partition coefficient (Wildman–Crippen LogP) is 3.13. The van der Waals surface area contributed by atoms with Crippen molar-refractivity contribution in [3.05, 3.63) is 62.6 Å². The number of hydrogen-bond donors (Lipinski definition) is 1. The van der Waals surface area contributed by atoms with Crippen LogP contribution in [-0.2, 0) is 19.9 Å². The quantitative estimate of drug-likeness (QED) is 0.926. The molecule has 0 fully saturated rings. The third-order valence-electron chi connectivity index (χ3n) is 4.73. The molecule has 0 unspecified atom stereocenters. The zero-order valence-electron chi connectivity index (χ0n) is 13.9. The molecule has 0 atom stereocenters. The number of nitrogens with zero attached hydrogens (tertiary/aromatic N) is 1. The summed E-state index contributed by atoms with van der Waals surface area (Å²) in [5.41, 5.74) is 5.34. The number of carbonyl (C=O) groups is 1. The summed E-state index contributed by atoms with van der Waals surface area (Å²) < 4.78 is 1.68. The minimum absolute atomic E-state index is 0.114. The van der Waals surface area contributed by atoms with Crippen LogP contribution in [0.5, 0.6) is 0 Å². The third kappa shape index (κ3) is 2.81. The number of aryl methyl sites for hydroxylation is 2. The minimum Gasteiger partial charge on any atom is -0.321 e. The first-order valence-electron chi connectivity index (χ1n) is 8.08. The Hall–Kier alpha value is -2.36. The van der Waals surface area contributed by atoms with E-state index in [0.717, 1.165) is 53.8 Å². The van der Waals surface area contributed by atoms with E-state index in [9.17, 15) is 9.59 Å². The molecular formula is C19H22N2O2. The van der Waals surface area contributed by atoms with Gasteiger partial charge in [-0.2, -0.15) is 0 Å². The number of nitrogens with one attached hydrogen (secondary N) is 1. The normalized spacial score (nSPS) is 13.5. The first-order chi connectivity index (χ1) is 11.0. The van der Waals surface area contributed by atoms with Gasteiger partial charge >= 0.3 is 0 Å². The van der Waals surface area contributed by atoms with Crippen molar-refractivity contribution in [2.24, 2.45) is 7.05 Å². The Morgan fingerprint density at radius 2 is 1.78 bits per heavy atom. The van der Waals surface area contributed by atoms with Crippen molar-refractivity contribution in [1.82, 2.24) is 4.57 Å². The van der Waals surface area contributed by atoms with Crippen LogP contribution in [0.1, 0.15) is 45.6 Å². The Balaban J connectivity index is 2.04. The van der Waals surface area contributed by atoms with E-state index >= 15 is 0 Å². The second-order valence-corrected chi connectivity index (χ2v) is 6.31. The molecule has 1 amide bonds. The van der Waals surface area contributed by atoms with Gasteiger partial charge in [0.25, 0.3) is 11.5 Å². The maximum absolute atomic E-state index is 12.8. The lowest BCUT2D eigenvalue weighted by atomic mass is 9.91. The summed E-state index contributed by atoms with van der Waals surface area (Å²) in [4.78, 5) is 25.0. The van der Waals surface area contributed by atoms with Gasteiger partial charge in [0, 0.05) is 24.5 Å². The Bertz CT molecular complexity index is 814. The average Bonchev–Trinajstić information content (AvgIpc) is 2.54. The molecular weight excluding hydrogens is 288 g/mol. The van der Waals surface area contributed by atoms with Crippen LogP contribution in [0.25, 0.3) is 0 Å². The van der Waals surface area contributed by atoms with Gasteiger partial charge in [-0.15, -0.1) is 0 Å². The lowest BCUT2D eigenvalue weighted by molar-refractivity contribution is 0.102. The molecule has 1 aliphatic carbocycles. The van der Waals surface area contributed by atoms with Crippen LogP contribution in [-0.4, -0.2) is 10.5 Å². The van der Waals surface area contributed by atoms with Gasteiger partial charge in [0.2, 0.25) is 0 Å². The van der Waals surface area contributed by atoms with Crippen LogP contribution in [0.4, 0.5) is 5.69 Å². The van der Waals surface area contributed by atoms with Crippen molar-refractivity contribution < 1.29 is 4.79 Å². The van der Waals surface area contributed by atoms with E-state index < -0.39 is 0 Å². The Morgan fingerprint density at radius 3 is 2.48 bits per heavy atom. The molecule has 1 aromatic carbocycles. The van der Waals surface area contributed by atoms with Crippen molar-refractivity contribution in [3.8, 4) is 0 Å². The number of fused-ring (bicyclic) bond motifs is 1. The number of para-hydroxylation sites is 1. The number of hydrogen-bond acceptors (Lipinski definition) is 2. The summed E-state index contributed by atoms with van der Waals surface area (Å²) in [5, 5.41) is 3.00. The highest BCUT2D eigenvalue weighted by Gasteiger charge is 2.21. The largest absolute Gasteiger partial charge is 0.321 e. The molecule has 2 aromatic rings. The van der Waals surface area contributed by atoms with Crippen molar-refractivity contribution in [1.29, 1.82) is 0 Å². The van der Waals surface area contributed by atoms with E-state index in [-0.39, 0.29) is 11.5 Å². The molecule has 1 aromatic heterocycles. The number of pyridine rings is 1. The van der Waals surface area contributed by atoms with E-state index in [2.05, 4.69) is 5.32 Å². The van der Waals surface area contributed by atoms with E-state index in [4.69, 9.17) is 0 Å². The summed E-state index contributed by atoms with van der Waals surface area (Å²) >= 11 is 0. The first kappa shape index (κ1) is 15.5. The molecule has 1 heterocycles. The van der Waals surface area contributed by atoms with Crippen LogP contribution in [0.3, 0.4) is 0 Å². The lowest BCUT2D eigenvalue weighted by Gasteiger charge is -2.22. The van der Waals surface area contributed by atoms with Crippen LogP contribution in [0, 0.1) is 13.8 Å². The van der Waals surface area contributed by atoms with Crippen molar-refractivity contribution in [2.75, 3.05) is 5.32 Å². The summed E-state index contributed by atoms with van der Waals surface area (Å²) in [6.07, 6.45) is 3.86. The fourth-order valence-electron chi connectivity index (χ4n) is 3.39. The molecule has 0 radical (unpaired) electrons. The van der Waals surface area contributed by atoms with E-state index in [1.807, 2.05) is 32.0 Å². The molecule has 3 rings (SSSR count). The zero-order valence-corrected chi connectivity index (χ0v) is 13.9. The number of aromatic nitrogens is 1. The summed E-state index contributed by atoms with van der Waals surface area (Å²) in [6, 6.07) is 7.40. The smallest absolute Gasteiger partial charge is 0.256 e. The average molecular weight is 310 g/mol. The van der Waals surface area contributed by atoms with E-state index in [1.165, 1.54) is 6.07 Å². The fourth-order valence-corrected chi connectivity index (χ4v) is 3.39. The molecule has 0 spiro atoms. The van der Waals surface area contributed by atoms with Gasteiger partial charge in [0.1, 0.15) is 0 Å². The van der Waals surface area contributed by atoms with Crippen molar-refractivity contribution in [3.63, 3.8) is 0 Å². The third-order valence-corrected chi connectivity index (χ3v) is 4.73. The SMILES string of the molecule is Cc1cccc(C)c1NC(=O)c1cc(=O)n(C)c2c1CCCC2. The standard InChI is InChI=1S/C19H22N2O2/c1-12-7-6-8-13(2)18(12)20-19(23)15-11-17(22)21(3)16-10-5-4-9-14(15)16/h6-8,11H,4-5,9-10H2,1-3H3,(H,20,23). The Kier molecular flexibility index (Phi) is 4.07. The highest BCUT2D eigenvalue weighted by molar-refractivity contribution is 6.06. The maximum atomic E-state index is 12.8. The summed E-state index contributed by atoms with van der Waals surface area (Å²) in [6.45, 7) is 3.95. The molecule has 0 aliphatic heterocycles. The molecule has 0 saturated heterocycles. The molecule has 23 heavy (non-hydrogen) atoms. The van der Waals surface area contributed by atoms with Gasteiger partial charge in [0.15, 0.2) is 0 Å². The highest BCUT2D eigenvalue weighted by Crippen LogP contribution is 2.25. The van der Waals surface area contributed by atoms with Crippen LogP contribution < -0.4 is 10.9 Å². The molecule has 0 bridgehead atoms. The molecule has 120 valence electrons. The van der Waals surface area contributed by atoms with Gasteiger partial charge in [-0.1, -0.05) is 18.2 Å². The molecule has 4 heteroatoms. The topological polar surface area (TPSA) is 51.1 Å². The number of rotatable bonds is 2. The van der Waals surface area contributed by atoms with Gasteiger partial charge in [-0.3, -0.25) is 9.59 Å². The number of benzene rings is 1. The Labute approximate surface area is 136 Å². The molecule has 1 N–H and O–H groups in total. The predicted molar refractivity (Wildman–Crippen MR) is 92.2 cm³/mol. The highest BCUT2D eigenvalue weighted by atomic mass is 16.2. The maximum Gasteiger partial charge on any atom is 0.256 e. The zero-order chi connectivity index (χ0) is 16.6. The van der Waals surface area contributed by atoms with Gasteiger partial charge in [0.05, 0.1) is 5.56 Å². The van der Waals surface area contributed by atoms with Crippen molar-refractivity contribution in [2.45, 2.75) is 39.5 Å². The summed E-state index contributed by atoms with van der Waals surface area (Å²) in [5.74, 6) is -0.182. The summed E-state index contributed by atoms with van der Waals surface area (Å²) in [7, 11) is 1.79. The van der Waals surface area contributed by atoms with Gasteiger partial charge in [-0.05, 0) is 56.2 Å². The number of amides is 1. The number of carbonyl (C=O) groups excluding carboxylic acids is 1. The van der Waals surface area contributed by atoms with Gasteiger partial charge in [-0.25, -0.2) is 0 Å². The molecule has 4 nitrogen and oxygen atoms in total. The molecule has 0 saturated carbocycles.